The Hall–Kier alpha value is -0.220. The molecule has 0 rings (SSSR count). The van der Waals surface area contributed by atoms with Crippen LogP contribution in [0.4, 0.5) is 0 Å². The van der Waals surface area contributed by atoms with E-state index >= 15 is 0 Å². The Morgan fingerprint density at radius 1 is 1.00 bits per heavy atom. The monoisotopic (exact) mass is 288 g/mol. The van der Waals surface area contributed by atoms with Gasteiger partial charge in [0, 0.05) is 40.0 Å². The molecule has 0 bridgehead atoms. The van der Waals surface area contributed by atoms with Gasteiger partial charge in [-0.15, -0.1) is 0 Å². The lowest BCUT2D eigenvalue weighted by atomic mass is 10.5. The highest BCUT2D eigenvalue weighted by molar-refractivity contribution is 7.90. The van der Waals surface area contributed by atoms with Gasteiger partial charge in [0.15, 0.2) is 0 Å². The third kappa shape index (κ3) is 6.32. The van der Waals surface area contributed by atoms with Crippen molar-refractivity contribution in [2.24, 2.45) is 0 Å². The zero-order chi connectivity index (χ0) is 13.7. The molecule has 0 heterocycles. The number of hydrogen-bond donors (Lipinski definition) is 1. The Morgan fingerprint density at radius 2 is 1.47 bits per heavy atom. The summed E-state index contributed by atoms with van der Waals surface area (Å²) in [7, 11) is -4.11. The summed E-state index contributed by atoms with van der Waals surface area (Å²) in [4.78, 5) is 0. The van der Waals surface area contributed by atoms with Gasteiger partial charge in [0.25, 0.3) is 10.2 Å². The Kier molecular flexibility index (Phi) is 6.56. The molecule has 0 aliphatic heterocycles. The highest BCUT2D eigenvalue weighted by Crippen LogP contribution is 2.04. The van der Waals surface area contributed by atoms with Crippen molar-refractivity contribution < 1.29 is 21.9 Å². The molecule has 104 valence electrons. The van der Waals surface area contributed by atoms with E-state index in [0.717, 1.165) is 14.9 Å². The maximum Gasteiger partial charge on any atom is 0.281 e. The van der Waals surface area contributed by atoms with Crippen LogP contribution in [0, 0.1) is 0 Å². The molecule has 0 fully saturated rings. The van der Waals surface area contributed by atoms with Crippen LogP contribution in [0.15, 0.2) is 0 Å². The number of sulfone groups is 1. The molecule has 0 saturated carbocycles. The third-order valence-corrected chi connectivity index (χ3v) is 5.06. The summed E-state index contributed by atoms with van der Waals surface area (Å²) in [5.41, 5.74) is 0. The van der Waals surface area contributed by atoms with Crippen LogP contribution in [0.5, 0.6) is 0 Å². The summed E-state index contributed by atoms with van der Waals surface area (Å²) < 4.78 is 47.6. The molecule has 0 amide bonds. The Labute approximate surface area is 103 Å². The van der Waals surface area contributed by atoms with Gasteiger partial charge in [-0.1, -0.05) is 0 Å². The lowest BCUT2D eigenvalue weighted by Gasteiger charge is -2.23. The van der Waals surface area contributed by atoms with Crippen molar-refractivity contribution in [3.63, 3.8) is 0 Å². The first kappa shape index (κ1) is 16.8. The molecule has 0 atom stereocenters. The van der Waals surface area contributed by atoms with Crippen molar-refractivity contribution in [3.05, 3.63) is 0 Å². The van der Waals surface area contributed by atoms with E-state index < -0.39 is 20.0 Å². The summed E-state index contributed by atoms with van der Waals surface area (Å²) in [5, 5.41) is 8.62. The van der Waals surface area contributed by atoms with E-state index in [0.29, 0.717) is 6.42 Å². The van der Waals surface area contributed by atoms with Gasteiger partial charge in [-0.2, -0.15) is 17.0 Å². The average Bonchev–Trinajstić information content (AvgIpc) is 2.21. The van der Waals surface area contributed by atoms with Crippen molar-refractivity contribution in [2.75, 3.05) is 45.8 Å². The predicted octanol–water partition coefficient (Wildman–Crippen LogP) is -1.48. The van der Waals surface area contributed by atoms with Crippen LogP contribution in [0.3, 0.4) is 0 Å². The molecular formula is C8H20N2O5S2. The van der Waals surface area contributed by atoms with Gasteiger partial charge >= 0.3 is 0 Å². The van der Waals surface area contributed by atoms with Crippen LogP contribution in [-0.4, -0.2) is 76.4 Å². The Balaban J connectivity index is 4.49. The molecule has 0 spiro atoms. The molecule has 1 N–H and O–H groups in total. The summed E-state index contributed by atoms with van der Waals surface area (Å²) in [5.74, 6) is -0.212. The number of hydrogen-bond acceptors (Lipinski definition) is 5. The van der Waals surface area contributed by atoms with Gasteiger partial charge < -0.3 is 5.11 Å². The van der Waals surface area contributed by atoms with E-state index in [1.165, 1.54) is 14.1 Å². The summed E-state index contributed by atoms with van der Waals surface area (Å²) >= 11 is 0. The molecule has 0 saturated heterocycles. The van der Waals surface area contributed by atoms with Gasteiger partial charge in [-0.05, 0) is 6.42 Å². The second kappa shape index (κ2) is 6.64. The minimum atomic E-state index is -3.64. The second-order valence-electron chi connectivity index (χ2n) is 3.86. The predicted molar refractivity (Wildman–Crippen MR) is 65.6 cm³/mol. The smallest absolute Gasteiger partial charge is 0.281 e. The molecule has 9 heteroatoms. The topological polar surface area (TPSA) is 95.0 Å². The summed E-state index contributed by atoms with van der Waals surface area (Å²) in [6, 6.07) is 0. The summed E-state index contributed by atoms with van der Waals surface area (Å²) in [6.45, 7) is 0.0274. The van der Waals surface area contributed by atoms with E-state index in [4.69, 9.17) is 5.11 Å². The molecule has 0 unspecified atom stereocenters. The van der Waals surface area contributed by atoms with E-state index in [-0.39, 0.29) is 25.4 Å². The molecule has 0 aliphatic rings. The molecule has 17 heavy (non-hydrogen) atoms. The van der Waals surface area contributed by atoms with Crippen molar-refractivity contribution in [2.45, 2.75) is 6.42 Å². The first-order chi connectivity index (χ1) is 7.61. The van der Waals surface area contributed by atoms with E-state index in [2.05, 4.69) is 0 Å². The normalized spacial score (nSPS) is 13.5. The number of aliphatic hydroxyl groups is 1. The van der Waals surface area contributed by atoms with Gasteiger partial charge in [0.05, 0.1) is 5.75 Å². The SMILES string of the molecule is CN(CCCO)S(=O)(=O)N(C)CCS(C)(=O)=O. The van der Waals surface area contributed by atoms with Crippen LogP contribution < -0.4 is 0 Å². The van der Waals surface area contributed by atoms with Crippen LogP contribution in [0.2, 0.25) is 0 Å². The van der Waals surface area contributed by atoms with Gasteiger partial charge in [0.2, 0.25) is 0 Å². The minimum Gasteiger partial charge on any atom is -0.396 e. The number of rotatable bonds is 8. The third-order valence-electron chi connectivity index (χ3n) is 2.20. The van der Waals surface area contributed by atoms with Gasteiger partial charge in [0.1, 0.15) is 9.84 Å². The molecule has 0 aromatic heterocycles. The van der Waals surface area contributed by atoms with Crippen LogP contribution >= 0.6 is 0 Å². The fourth-order valence-corrected chi connectivity index (χ4v) is 2.94. The number of nitrogens with zero attached hydrogens (tertiary/aromatic N) is 2. The molecular weight excluding hydrogens is 268 g/mol. The van der Waals surface area contributed by atoms with Crippen molar-refractivity contribution in [1.82, 2.24) is 8.61 Å². The zero-order valence-corrected chi connectivity index (χ0v) is 12.0. The standard InChI is InChI=1S/C8H20N2O5S2/c1-9(5-4-7-11)17(14,15)10(2)6-8-16(3,12)13/h11H,4-8H2,1-3H3. The lowest BCUT2D eigenvalue weighted by molar-refractivity contribution is 0.273. The Morgan fingerprint density at radius 3 is 1.88 bits per heavy atom. The van der Waals surface area contributed by atoms with E-state index in [9.17, 15) is 16.8 Å². The first-order valence-corrected chi connectivity index (χ1v) is 8.53. The van der Waals surface area contributed by atoms with Gasteiger partial charge in [-0.25, -0.2) is 8.42 Å². The largest absolute Gasteiger partial charge is 0.396 e. The van der Waals surface area contributed by atoms with Crippen LogP contribution in [0.1, 0.15) is 6.42 Å². The van der Waals surface area contributed by atoms with Gasteiger partial charge in [-0.3, -0.25) is 0 Å². The van der Waals surface area contributed by atoms with E-state index in [1.54, 1.807) is 0 Å². The fourth-order valence-electron chi connectivity index (χ4n) is 1.06. The van der Waals surface area contributed by atoms with Crippen molar-refractivity contribution >= 4 is 20.0 Å². The van der Waals surface area contributed by atoms with E-state index in [1.807, 2.05) is 0 Å². The number of aliphatic hydroxyl groups excluding tert-OH is 1. The van der Waals surface area contributed by atoms with Crippen LogP contribution in [0.25, 0.3) is 0 Å². The van der Waals surface area contributed by atoms with Crippen molar-refractivity contribution in [3.8, 4) is 0 Å². The minimum absolute atomic E-state index is 0.0787. The highest BCUT2D eigenvalue weighted by Gasteiger charge is 2.23. The zero-order valence-electron chi connectivity index (χ0n) is 10.3. The highest BCUT2D eigenvalue weighted by atomic mass is 32.2. The average molecular weight is 288 g/mol. The fraction of sp³-hybridized carbons (Fsp3) is 1.00. The van der Waals surface area contributed by atoms with Crippen molar-refractivity contribution in [1.29, 1.82) is 0 Å². The Bertz CT molecular complexity index is 417. The molecule has 0 aromatic rings. The summed E-state index contributed by atoms with van der Waals surface area (Å²) in [6.07, 6.45) is 1.40. The second-order valence-corrected chi connectivity index (χ2v) is 8.26. The molecule has 0 aromatic carbocycles. The first-order valence-electron chi connectivity index (χ1n) is 5.07. The molecule has 7 nitrogen and oxygen atoms in total. The molecule has 0 aliphatic carbocycles. The maximum absolute atomic E-state index is 11.8. The lowest BCUT2D eigenvalue weighted by Crippen LogP contribution is -2.42. The quantitative estimate of drug-likeness (QED) is 0.588. The molecule has 0 radical (unpaired) electrons. The maximum atomic E-state index is 11.8. The van der Waals surface area contributed by atoms with Crippen LogP contribution in [-0.2, 0) is 20.0 Å².